The van der Waals surface area contributed by atoms with E-state index in [1.165, 1.54) is 18.5 Å². The zero-order valence-corrected chi connectivity index (χ0v) is 10.0. The van der Waals surface area contributed by atoms with Crippen molar-refractivity contribution in [1.29, 1.82) is 0 Å². The third-order valence-corrected chi connectivity index (χ3v) is 4.03. The van der Waals surface area contributed by atoms with Crippen LogP contribution in [0.3, 0.4) is 0 Å². The van der Waals surface area contributed by atoms with Crippen molar-refractivity contribution in [2.24, 2.45) is 5.41 Å². The molecular weight excluding hydrogens is 222 g/mol. The summed E-state index contributed by atoms with van der Waals surface area (Å²) in [5, 5.41) is 0.820. The summed E-state index contributed by atoms with van der Waals surface area (Å²) in [6, 6.07) is 8.14. The highest BCUT2D eigenvalue weighted by atomic mass is 35.5. The van der Waals surface area contributed by atoms with Crippen molar-refractivity contribution in [3.63, 3.8) is 0 Å². The molecule has 1 unspecified atom stereocenters. The number of anilines is 1. The second-order valence-corrected chi connectivity index (χ2v) is 5.39. The zero-order chi connectivity index (χ0) is 11.0. The van der Waals surface area contributed by atoms with Crippen LogP contribution in [-0.2, 0) is 4.74 Å². The van der Waals surface area contributed by atoms with E-state index in [0.717, 1.165) is 31.3 Å². The minimum absolute atomic E-state index is 0.419. The lowest BCUT2D eigenvalue weighted by atomic mass is 9.87. The van der Waals surface area contributed by atoms with Crippen LogP contribution in [0.5, 0.6) is 0 Å². The summed E-state index contributed by atoms with van der Waals surface area (Å²) >= 11 is 6.02. The van der Waals surface area contributed by atoms with Gasteiger partial charge < -0.3 is 9.64 Å². The van der Waals surface area contributed by atoms with E-state index >= 15 is 0 Å². The normalized spacial score (nSPS) is 29.2. The molecule has 0 radical (unpaired) electrons. The number of ether oxygens (including phenoxy) is 1. The third-order valence-electron chi connectivity index (χ3n) is 3.80. The molecule has 3 rings (SSSR count). The molecule has 2 aliphatic heterocycles. The van der Waals surface area contributed by atoms with Crippen LogP contribution in [0.4, 0.5) is 5.69 Å². The largest absolute Gasteiger partial charge is 0.381 e. The highest BCUT2D eigenvalue weighted by Crippen LogP contribution is 2.40. The smallest absolute Gasteiger partial charge is 0.0540 e. The molecule has 1 aromatic carbocycles. The van der Waals surface area contributed by atoms with Crippen LogP contribution in [0.15, 0.2) is 24.3 Å². The van der Waals surface area contributed by atoms with Gasteiger partial charge in [0.05, 0.1) is 6.61 Å². The second kappa shape index (κ2) is 3.94. The summed E-state index contributed by atoms with van der Waals surface area (Å²) in [4.78, 5) is 2.43. The predicted octanol–water partition coefficient (Wildman–Crippen LogP) is 2.96. The van der Waals surface area contributed by atoms with E-state index in [1.807, 2.05) is 12.1 Å². The topological polar surface area (TPSA) is 12.5 Å². The minimum atomic E-state index is 0.419. The first-order valence-corrected chi connectivity index (χ1v) is 6.24. The van der Waals surface area contributed by atoms with Crippen molar-refractivity contribution in [2.45, 2.75) is 12.8 Å². The first-order valence-electron chi connectivity index (χ1n) is 5.86. The third kappa shape index (κ3) is 1.80. The maximum absolute atomic E-state index is 6.02. The van der Waals surface area contributed by atoms with Gasteiger partial charge in [0, 0.05) is 35.8 Å². The molecule has 2 aliphatic rings. The lowest BCUT2D eigenvalue weighted by Crippen LogP contribution is -2.27. The average molecular weight is 238 g/mol. The fourth-order valence-electron chi connectivity index (χ4n) is 2.80. The van der Waals surface area contributed by atoms with Crippen molar-refractivity contribution in [3.05, 3.63) is 29.3 Å². The summed E-state index contributed by atoms with van der Waals surface area (Å²) in [6.45, 7) is 4.12. The Balaban J connectivity index is 1.78. The molecule has 0 N–H and O–H groups in total. The molecule has 16 heavy (non-hydrogen) atoms. The fourth-order valence-corrected chi connectivity index (χ4v) is 2.98. The van der Waals surface area contributed by atoms with E-state index in [0.29, 0.717) is 5.41 Å². The number of rotatable bonds is 1. The van der Waals surface area contributed by atoms with E-state index in [9.17, 15) is 0 Å². The molecule has 2 saturated heterocycles. The van der Waals surface area contributed by atoms with Gasteiger partial charge in [0.2, 0.25) is 0 Å². The number of hydrogen-bond acceptors (Lipinski definition) is 2. The summed E-state index contributed by atoms with van der Waals surface area (Å²) in [5.74, 6) is 0. The average Bonchev–Trinajstić information content (AvgIpc) is 2.90. The quantitative estimate of drug-likeness (QED) is 0.745. The Bertz CT molecular complexity index is 387. The molecule has 3 heteroatoms. The Kier molecular flexibility index (Phi) is 2.56. The molecule has 86 valence electrons. The first kappa shape index (κ1) is 10.4. The number of benzene rings is 1. The van der Waals surface area contributed by atoms with Crippen LogP contribution in [0, 0.1) is 5.41 Å². The van der Waals surface area contributed by atoms with Gasteiger partial charge in [-0.15, -0.1) is 0 Å². The molecule has 0 saturated carbocycles. The molecule has 0 amide bonds. The van der Waals surface area contributed by atoms with Crippen LogP contribution in [0.1, 0.15) is 12.8 Å². The standard InChI is InChI=1S/C13H16ClNO/c14-11-2-1-3-12(8-11)15-6-4-13(9-15)5-7-16-10-13/h1-3,8H,4-7,9-10H2. The minimum Gasteiger partial charge on any atom is -0.381 e. The molecule has 2 nitrogen and oxygen atoms in total. The van der Waals surface area contributed by atoms with Gasteiger partial charge in [-0.1, -0.05) is 17.7 Å². The van der Waals surface area contributed by atoms with Crippen LogP contribution in [0.2, 0.25) is 5.02 Å². The van der Waals surface area contributed by atoms with Gasteiger partial charge in [-0.05, 0) is 31.0 Å². The Morgan fingerprint density at radius 1 is 1.31 bits per heavy atom. The van der Waals surface area contributed by atoms with Crippen LogP contribution in [-0.4, -0.2) is 26.3 Å². The Hall–Kier alpha value is -0.730. The maximum atomic E-state index is 6.02. The van der Waals surface area contributed by atoms with E-state index in [-0.39, 0.29) is 0 Å². The summed E-state index contributed by atoms with van der Waals surface area (Å²) in [5.41, 5.74) is 1.67. The summed E-state index contributed by atoms with van der Waals surface area (Å²) in [7, 11) is 0. The molecule has 2 fully saturated rings. The maximum Gasteiger partial charge on any atom is 0.0540 e. The molecule has 0 bridgehead atoms. The SMILES string of the molecule is Clc1cccc(N2CCC3(CCOC3)C2)c1. The molecule has 1 aromatic rings. The molecule has 1 spiro atoms. The predicted molar refractivity (Wildman–Crippen MR) is 66.2 cm³/mol. The van der Waals surface area contributed by atoms with E-state index in [2.05, 4.69) is 17.0 Å². The molecule has 0 aromatic heterocycles. The van der Waals surface area contributed by atoms with Crippen molar-refractivity contribution in [1.82, 2.24) is 0 Å². The van der Waals surface area contributed by atoms with E-state index < -0.39 is 0 Å². The van der Waals surface area contributed by atoms with Gasteiger partial charge in [0.15, 0.2) is 0 Å². The molecular formula is C13H16ClNO. The second-order valence-electron chi connectivity index (χ2n) is 4.95. The van der Waals surface area contributed by atoms with Crippen molar-refractivity contribution in [2.75, 3.05) is 31.2 Å². The highest BCUT2D eigenvalue weighted by Gasteiger charge is 2.41. The Labute approximate surface area is 101 Å². The lowest BCUT2D eigenvalue weighted by Gasteiger charge is -2.23. The number of hydrogen-bond donors (Lipinski definition) is 0. The summed E-state index contributed by atoms with van der Waals surface area (Å²) in [6.07, 6.45) is 2.46. The Morgan fingerprint density at radius 2 is 2.25 bits per heavy atom. The molecule has 2 heterocycles. The molecule has 1 atom stereocenters. The van der Waals surface area contributed by atoms with Crippen molar-refractivity contribution < 1.29 is 4.74 Å². The van der Waals surface area contributed by atoms with Gasteiger partial charge in [-0.2, -0.15) is 0 Å². The van der Waals surface area contributed by atoms with Gasteiger partial charge in [0.25, 0.3) is 0 Å². The van der Waals surface area contributed by atoms with Crippen molar-refractivity contribution >= 4 is 17.3 Å². The van der Waals surface area contributed by atoms with Gasteiger partial charge in [0.1, 0.15) is 0 Å². The van der Waals surface area contributed by atoms with Gasteiger partial charge in [-0.25, -0.2) is 0 Å². The number of halogens is 1. The van der Waals surface area contributed by atoms with Gasteiger partial charge in [-0.3, -0.25) is 0 Å². The van der Waals surface area contributed by atoms with Crippen LogP contribution < -0.4 is 4.90 Å². The van der Waals surface area contributed by atoms with E-state index in [1.54, 1.807) is 0 Å². The highest BCUT2D eigenvalue weighted by molar-refractivity contribution is 6.30. The zero-order valence-electron chi connectivity index (χ0n) is 9.29. The lowest BCUT2D eigenvalue weighted by molar-refractivity contribution is 0.160. The first-order chi connectivity index (χ1) is 7.77. The number of nitrogens with zero attached hydrogens (tertiary/aromatic N) is 1. The Morgan fingerprint density at radius 3 is 3.00 bits per heavy atom. The van der Waals surface area contributed by atoms with Gasteiger partial charge >= 0.3 is 0 Å². The molecule has 0 aliphatic carbocycles. The fraction of sp³-hybridized carbons (Fsp3) is 0.538. The van der Waals surface area contributed by atoms with Crippen LogP contribution >= 0.6 is 11.6 Å². The van der Waals surface area contributed by atoms with Crippen molar-refractivity contribution in [3.8, 4) is 0 Å². The van der Waals surface area contributed by atoms with E-state index in [4.69, 9.17) is 16.3 Å². The van der Waals surface area contributed by atoms with Crippen LogP contribution in [0.25, 0.3) is 0 Å². The summed E-state index contributed by atoms with van der Waals surface area (Å²) < 4.78 is 5.54. The monoisotopic (exact) mass is 237 g/mol.